The predicted octanol–water partition coefficient (Wildman–Crippen LogP) is 1.84. The lowest BCUT2D eigenvalue weighted by Gasteiger charge is -2.35. The number of ether oxygens (including phenoxy) is 2. The standard InChI is InChI=1S/C19H28O6/c1-10(2)5-6-12-7-16(13(11(3)4)8-14(12)20)25-19-18(23)17(22)15(21)9-24-19/h5,7-8,11,15,17-23H,6,9H2,1-4H3. The summed E-state index contributed by atoms with van der Waals surface area (Å²) in [4.78, 5) is 0. The van der Waals surface area contributed by atoms with Gasteiger partial charge in [-0.25, -0.2) is 0 Å². The van der Waals surface area contributed by atoms with Gasteiger partial charge in [-0.05, 0) is 38.3 Å². The lowest BCUT2D eigenvalue weighted by atomic mass is 9.97. The molecule has 0 aliphatic carbocycles. The molecule has 0 amide bonds. The van der Waals surface area contributed by atoms with Crippen molar-refractivity contribution in [2.75, 3.05) is 6.61 Å². The molecule has 25 heavy (non-hydrogen) atoms. The molecular weight excluding hydrogens is 324 g/mol. The zero-order valence-corrected chi connectivity index (χ0v) is 15.1. The Bertz CT molecular complexity index is 621. The van der Waals surface area contributed by atoms with Crippen LogP contribution in [0.25, 0.3) is 0 Å². The maximum Gasteiger partial charge on any atom is 0.228 e. The highest BCUT2D eigenvalue weighted by atomic mass is 16.7. The second-order valence-electron chi connectivity index (χ2n) is 7.03. The van der Waals surface area contributed by atoms with Gasteiger partial charge in [0.25, 0.3) is 0 Å². The van der Waals surface area contributed by atoms with Crippen molar-refractivity contribution in [2.24, 2.45) is 0 Å². The number of phenols is 1. The van der Waals surface area contributed by atoms with Gasteiger partial charge in [0.15, 0.2) is 0 Å². The smallest absolute Gasteiger partial charge is 0.228 e. The van der Waals surface area contributed by atoms with Gasteiger partial charge >= 0.3 is 0 Å². The molecule has 0 saturated carbocycles. The van der Waals surface area contributed by atoms with Gasteiger partial charge in [0.05, 0.1) is 6.61 Å². The summed E-state index contributed by atoms with van der Waals surface area (Å²) in [5, 5.41) is 39.7. The highest BCUT2D eigenvalue weighted by molar-refractivity contribution is 5.48. The van der Waals surface area contributed by atoms with E-state index in [4.69, 9.17) is 9.47 Å². The molecule has 4 unspecified atom stereocenters. The van der Waals surface area contributed by atoms with E-state index in [-0.39, 0.29) is 18.3 Å². The summed E-state index contributed by atoms with van der Waals surface area (Å²) in [6, 6.07) is 3.40. The minimum atomic E-state index is -1.36. The molecule has 2 rings (SSSR count). The molecule has 0 radical (unpaired) electrons. The molecule has 6 nitrogen and oxygen atoms in total. The molecule has 1 aliphatic heterocycles. The zero-order chi connectivity index (χ0) is 18.7. The fraction of sp³-hybridized carbons (Fsp3) is 0.579. The predicted molar refractivity (Wildman–Crippen MR) is 93.7 cm³/mol. The van der Waals surface area contributed by atoms with Crippen LogP contribution < -0.4 is 4.74 Å². The number of allylic oxidation sites excluding steroid dienone is 2. The van der Waals surface area contributed by atoms with Crippen LogP contribution in [0, 0.1) is 0 Å². The Morgan fingerprint density at radius 2 is 1.92 bits per heavy atom. The van der Waals surface area contributed by atoms with Gasteiger partial charge < -0.3 is 29.9 Å². The Kier molecular flexibility index (Phi) is 6.46. The van der Waals surface area contributed by atoms with Crippen molar-refractivity contribution in [3.8, 4) is 11.5 Å². The van der Waals surface area contributed by atoms with Crippen LogP contribution in [0.3, 0.4) is 0 Å². The van der Waals surface area contributed by atoms with Crippen LogP contribution in [0.4, 0.5) is 0 Å². The molecule has 140 valence electrons. The van der Waals surface area contributed by atoms with Crippen molar-refractivity contribution in [3.63, 3.8) is 0 Å². The first-order chi connectivity index (χ1) is 11.7. The van der Waals surface area contributed by atoms with E-state index in [0.29, 0.717) is 17.7 Å². The third kappa shape index (κ3) is 4.73. The summed E-state index contributed by atoms with van der Waals surface area (Å²) >= 11 is 0. The van der Waals surface area contributed by atoms with Crippen molar-refractivity contribution < 1.29 is 29.9 Å². The molecule has 0 bridgehead atoms. The minimum absolute atomic E-state index is 0.0784. The second kappa shape index (κ2) is 8.19. The van der Waals surface area contributed by atoms with E-state index in [1.165, 1.54) is 0 Å². The summed E-state index contributed by atoms with van der Waals surface area (Å²) < 4.78 is 11.1. The van der Waals surface area contributed by atoms with E-state index >= 15 is 0 Å². The van der Waals surface area contributed by atoms with Crippen LogP contribution in [0.5, 0.6) is 11.5 Å². The Labute approximate surface area is 148 Å². The average Bonchev–Trinajstić information content (AvgIpc) is 2.54. The first kappa shape index (κ1) is 19.7. The normalized spacial score (nSPS) is 26.6. The van der Waals surface area contributed by atoms with Gasteiger partial charge in [0.2, 0.25) is 6.29 Å². The molecule has 1 fully saturated rings. The summed E-state index contributed by atoms with van der Waals surface area (Å²) in [5.74, 6) is 0.751. The number of benzene rings is 1. The van der Waals surface area contributed by atoms with Crippen LogP contribution in [0.2, 0.25) is 0 Å². The summed E-state index contributed by atoms with van der Waals surface area (Å²) in [6.07, 6.45) is -2.37. The molecule has 0 aromatic heterocycles. The van der Waals surface area contributed by atoms with Crippen LogP contribution in [0.1, 0.15) is 44.7 Å². The lowest BCUT2D eigenvalue weighted by molar-refractivity contribution is -0.242. The van der Waals surface area contributed by atoms with Gasteiger partial charge in [0, 0.05) is 11.1 Å². The molecule has 6 heteroatoms. The zero-order valence-electron chi connectivity index (χ0n) is 15.1. The van der Waals surface area contributed by atoms with E-state index < -0.39 is 24.6 Å². The fourth-order valence-corrected chi connectivity index (χ4v) is 2.67. The number of hydrogen-bond donors (Lipinski definition) is 4. The van der Waals surface area contributed by atoms with Crippen molar-refractivity contribution in [1.29, 1.82) is 0 Å². The second-order valence-corrected chi connectivity index (χ2v) is 7.03. The first-order valence-corrected chi connectivity index (χ1v) is 8.52. The minimum Gasteiger partial charge on any atom is -0.508 e. The average molecular weight is 352 g/mol. The van der Waals surface area contributed by atoms with Crippen molar-refractivity contribution in [2.45, 2.75) is 64.6 Å². The number of aliphatic hydroxyl groups is 3. The highest BCUT2D eigenvalue weighted by Crippen LogP contribution is 2.35. The molecule has 4 atom stereocenters. The monoisotopic (exact) mass is 352 g/mol. The Balaban J connectivity index is 2.31. The Morgan fingerprint density at radius 3 is 2.52 bits per heavy atom. The SMILES string of the molecule is CC(C)=CCc1cc(OC2OCC(O)C(O)C2O)c(C(C)C)cc1O. The molecule has 1 heterocycles. The van der Waals surface area contributed by atoms with Crippen LogP contribution in [-0.4, -0.2) is 51.6 Å². The quantitative estimate of drug-likeness (QED) is 0.604. The van der Waals surface area contributed by atoms with Crippen molar-refractivity contribution in [3.05, 3.63) is 34.9 Å². The van der Waals surface area contributed by atoms with Crippen LogP contribution in [0.15, 0.2) is 23.8 Å². The summed E-state index contributed by atoms with van der Waals surface area (Å²) in [7, 11) is 0. The number of phenolic OH excluding ortho intramolecular Hbond substituents is 1. The number of aromatic hydroxyl groups is 1. The molecule has 4 N–H and O–H groups in total. The van der Waals surface area contributed by atoms with Crippen LogP contribution >= 0.6 is 0 Å². The fourth-order valence-electron chi connectivity index (χ4n) is 2.67. The van der Waals surface area contributed by atoms with Crippen LogP contribution in [-0.2, 0) is 11.2 Å². The summed E-state index contributed by atoms with van der Waals surface area (Å²) in [5.41, 5.74) is 2.61. The van der Waals surface area contributed by atoms with Crippen molar-refractivity contribution in [1.82, 2.24) is 0 Å². The molecule has 1 saturated heterocycles. The van der Waals surface area contributed by atoms with Gasteiger partial charge in [-0.2, -0.15) is 0 Å². The maximum absolute atomic E-state index is 10.3. The van der Waals surface area contributed by atoms with Gasteiger partial charge in [-0.3, -0.25) is 0 Å². The molecule has 0 spiro atoms. The van der Waals surface area contributed by atoms with E-state index in [1.54, 1.807) is 12.1 Å². The first-order valence-electron chi connectivity index (χ1n) is 8.52. The van der Waals surface area contributed by atoms with Gasteiger partial charge in [-0.15, -0.1) is 0 Å². The molecule has 1 aliphatic rings. The van der Waals surface area contributed by atoms with E-state index in [1.807, 2.05) is 33.8 Å². The molecule has 1 aromatic carbocycles. The van der Waals surface area contributed by atoms with Gasteiger partial charge in [-0.1, -0.05) is 25.5 Å². The third-order valence-electron chi connectivity index (χ3n) is 4.26. The Hall–Kier alpha value is -1.60. The Morgan fingerprint density at radius 1 is 1.24 bits per heavy atom. The highest BCUT2D eigenvalue weighted by Gasteiger charge is 2.39. The largest absolute Gasteiger partial charge is 0.508 e. The number of rotatable bonds is 5. The van der Waals surface area contributed by atoms with Gasteiger partial charge in [0.1, 0.15) is 29.8 Å². The van der Waals surface area contributed by atoms with Crippen molar-refractivity contribution >= 4 is 0 Å². The topological polar surface area (TPSA) is 99.4 Å². The molecular formula is C19H28O6. The molecule has 1 aromatic rings. The number of aliphatic hydroxyl groups excluding tert-OH is 3. The lowest BCUT2D eigenvalue weighted by Crippen LogP contribution is -2.54. The van der Waals surface area contributed by atoms with E-state index in [2.05, 4.69) is 0 Å². The summed E-state index contributed by atoms with van der Waals surface area (Å²) in [6.45, 7) is 7.77. The third-order valence-corrected chi connectivity index (χ3v) is 4.26. The van der Waals surface area contributed by atoms with E-state index in [9.17, 15) is 20.4 Å². The number of hydrogen-bond acceptors (Lipinski definition) is 6. The maximum atomic E-state index is 10.3. The van der Waals surface area contributed by atoms with E-state index in [0.717, 1.165) is 11.1 Å².